The zero-order valence-electron chi connectivity index (χ0n) is 13.7. The fraction of sp³-hybridized carbons (Fsp3) is 0.529. The number of anilines is 1. The van der Waals surface area contributed by atoms with Crippen LogP contribution >= 0.6 is 0 Å². The molecule has 23 heavy (non-hydrogen) atoms. The van der Waals surface area contributed by atoms with Gasteiger partial charge in [0.2, 0.25) is 5.91 Å². The van der Waals surface area contributed by atoms with Crippen LogP contribution in [0.5, 0.6) is 0 Å². The minimum Gasteiger partial charge on any atom is -0.333 e. The average Bonchev–Trinajstić information content (AvgIpc) is 2.88. The molecule has 5 nitrogen and oxygen atoms in total. The van der Waals surface area contributed by atoms with Gasteiger partial charge in [-0.15, -0.1) is 0 Å². The Morgan fingerprint density at radius 2 is 1.87 bits per heavy atom. The minimum absolute atomic E-state index is 0.0561. The molecule has 1 aromatic carbocycles. The lowest BCUT2D eigenvalue weighted by molar-refractivity contribution is -0.117. The molecule has 0 saturated carbocycles. The Hall–Kier alpha value is -2.11. The van der Waals surface area contributed by atoms with Crippen molar-refractivity contribution in [1.82, 2.24) is 10.2 Å². The van der Waals surface area contributed by atoms with Crippen LogP contribution < -0.4 is 10.2 Å². The standard InChI is InChI=1S/C17H24FN3O2/c1-3-9-20(10-4-2)17(23)19-14-11-16(22)21(12-14)15-7-5-13(18)6-8-15/h5-8,14H,3-4,9-12H2,1-2H3,(H,19,23)/t14-/m0/s1. The van der Waals surface area contributed by atoms with E-state index in [4.69, 9.17) is 0 Å². The second-order valence-corrected chi connectivity index (χ2v) is 5.82. The number of urea groups is 1. The molecule has 1 saturated heterocycles. The highest BCUT2D eigenvalue weighted by Gasteiger charge is 2.32. The molecule has 1 fully saturated rings. The third-order valence-electron chi connectivity index (χ3n) is 3.87. The van der Waals surface area contributed by atoms with Gasteiger partial charge in [-0.05, 0) is 37.1 Å². The number of hydrogen-bond donors (Lipinski definition) is 1. The van der Waals surface area contributed by atoms with Gasteiger partial charge in [0.05, 0.1) is 6.04 Å². The Labute approximate surface area is 136 Å². The topological polar surface area (TPSA) is 52.7 Å². The molecular formula is C17H24FN3O2. The number of nitrogens with zero attached hydrogens (tertiary/aromatic N) is 2. The molecule has 2 rings (SSSR count). The number of carbonyl (C=O) groups excluding carboxylic acids is 2. The van der Waals surface area contributed by atoms with Crippen LogP contribution in [0.4, 0.5) is 14.9 Å². The first-order valence-electron chi connectivity index (χ1n) is 8.16. The van der Waals surface area contributed by atoms with Gasteiger partial charge in [0.15, 0.2) is 0 Å². The Bertz CT molecular complexity index is 541. The van der Waals surface area contributed by atoms with Crippen LogP contribution in [-0.4, -0.2) is 42.5 Å². The highest BCUT2D eigenvalue weighted by Crippen LogP contribution is 2.22. The van der Waals surface area contributed by atoms with E-state index in [0.717, 1.165) is 12.8 Å². The maximum atomic E-state index is 13.0. The molecule has 0 spiro atoms. The summed E-state index contributed by atoms with van der Waals surface area (Å²) in [4.78, 5) is 27.8. The van der Waals surface area contributed by atoms with Gasteiger partial charge in [-0.2, -0.15) is 0 Å². The van der Waals surface area contributed by atoms with Crippen molar-refractivity contribution in [2.24, 2.45) is 0 Å². The second-order valence-electron chi connectivity index (χ2n) is 5.82. The summed E-state index contributed by atoms with van der Waals surface area (Å²) in [5, 5.41) is 2.94. The van der Waals surface area contributed by atoms with Crippen molar-refractivity contribution < 1.29 is 14.0 Å². The van der Waals surface area contributed by atoms with Gasteiger partial charge in [0, 0.05) is 31.7 Å². The van der Waals surface area contributed by atoms with Crippen molar-refractivity contribution in [3.63, 3.8) is 0 Å². The van der Waals surface area contributed by atoms with Crippen LogP contribution in [-0.2, 0) is 4.79 Å². The first kappa shape index (κ1) is 17.2. The van der Waals surface area contributed by atoms with E-state index < -0.39 is 0 Å². The predicted molar refractivity (Wildman–Crippen MR) is 87.8 cm³/mol. The molecule has 126 valence electrons. The van der Waals surface area contributed by atoms with Crippen molar-refractivity contribution >= 4 is 17.6 Å². The zero-order chi connectivity index (χ0) is 16.8. The summed E-state index contributed by atoms with van der Waals surface area (Å²) in [6.07, 6.45) is 2.08. The average molecular weight is 321 g/mol. The fourth-order valence-corrected chi connectivity index (χ4v) is 2.80. The first-order valence-corrected chi connectivity index (χ1v) is 8.16. The molecule has 3 amide bonds. The van der Waals surface area contributed by atoms with Gasteiger partial charge in [-0.3, -0.25) is 4.79 Å². The van der Waals surface area contributed by atoms with Gasteiger partial charge < -0.3 is 15.1 Å². The summed E-state index contributed by atoms with van der Waals surface area (Å²) in [7, 11) is 0. The van der Waals surface area contributed by atoms with Crippen LogP contribution in [0.3, 0.4) is 0 Å². The first-order chi connectivity index (χ1) is 11.0. The second kappa shape index (κ2) is 7.94. The van der Waals surface area contributed by atoms with Gasteiger partial charge in [0.25, 0.3) is 0 Å². The number of halogens is 1. The molecule has 0 radical (unpaired) electrons. The highest BCUT2D eigenvalue weighted by atomic mass is 19.1. The molecule has 1 aromatic rings. The Morgan fingerprint density at radius 1 is 1.26 bits per heavy atom. The zero-order valence-corrected chi connectivity index (χ0v) is 13.7. The van der Waals surface area contributed by atoms with E-state index in [1.165, 1.54) is 12.1 Å². The van der Waals surface area contributed by atoms with Crippen LogP contribution in [0.2, 0.25) is 0 Å². The lowest BCUT2D eigenvalue weighted by Crippen LogP contribution is -2.46. The molecule has 1 heterocycles. The van der Waals surface area contributed by atoms with E-state index in [1.807, 2.05) is 13.8 Å². The Balaban J connectivity index is 1.96. The third kappa shape index (κ3) is 4.43. The number of carbonyl (C=O) groups is 2. The molecule has 6 heteroatoms. The van der Waals surface area contributed by atoms with Gasteiger partial charge in [-0.1, -0.05) is 13.8 Å². The molecule has 1 aliphatic heterocycles. The normalized spacial score (nSPS) is 17.4. The number of amides is 3. The fourth-order valence-electron chi connectivity index (χ4n) is 2.80. The summed E-state index contributed by atoms with van der Waals surface area (Å²) in [6.45, 7) is 5.91. The van der Waals surface area contributed by atoms with E-state index in [0.29, 0.717) is 25.3 Å². The molecule has 1 N–H and O–H groups in total. The van der Waals surface area contributed by atoms with Crippen molar-refractivity contribution in [1.29, 1.82) is 0 Å². The number of rotatable bonds is 6. The number of nitrogens with one attached hydrogen (secondary N) is 1. The predicted octanol–water partition coefficient (Wildman–Crippen LogP) is 2.76. The molecule has 0 aromatic heterocycles. The van der Waals surface area contributed by atoms with E-state index in [9.17, 15) is 14.0 Å². The van der Waals surface area contributed by atoms with E-state index in [1.54, 1.807) is 21.9 Å². The van der Waals surface area contributed by atoms with Gasteiger partial charge in [-0.25, -0.2) is 9.18 Å². The lowest BCUT2D eigenvalue weighted by Gasteiger charge is -2.24. The molecular weight excluding hydrogens is 297 g/mol. The molecule has 0 unspecified atom stereocenters. The molecule has 1 aliphatic rings. The smallest absolute Gasteiger partial charge is 0.317 e. The molecule has 0 bridgehead atoms. The maximum absolute atomic E-state index is 13.0. The summed E-state index contributed by atoms with van der Waals surface area (Å²) >= 11 is 0. The minimum atomic E-state index is -0.333. The van der Waals surface area contributed by atoms with Gasteiger partial charge >= 0.3 is 6.03 Å². The van der Waals surface area contributed by atoms with Crippen molar-refractivity contribution in [2.45, 2.75) is 39.2 Å². The van der Waals surface area contributed by atoms with E-state index in [2.05, 4.69) is 5.32 Å². The monoisotopic (exact) mass is 321 g/mol. The lowest BCUT2D eigenvalue weighted by atomic mass is 10.2. The highest BCUT2D eigenvalue weighted by molar-refractivity contribution is 5.96. The van der Waals surface area contributed by atoms with E-state index in [-0.39, 0.29) is 30.2 Å². The van der Waals surface area contributed by atoms with Crippen LogP contribution in [0, 0.1) is 5.82 Å². The SMILES string of the molecule is CCCN(CCC)C(=O)N[C@H]1CC(=O)N(c2ccc(F)cc2)C1. The summed E-state index contributed by atoms with van der Waals surface area (Å²) in [5.41, 5.74) is 0.659. The quantitative estimate of drug-likeness (QED) is 0.876. The van der Waals surface area contributed by atoms with Gasteiger partial charge in [0.1, 0.15) is 5.82 Å². The third-order valence-corrected chi connectivity index (χ3v) is 3.87. The number of benzene rings is 1. The molecule has 1 atom stereocenters. The Morgan fingerprint density at radius 3 is 2.43 bits per heavy atom. The van der Waals surface area contributed by atoms with Crippen LogP contribution in [0.1, 0.15) is 33.1 Å². The van der Waals surface area contributed by atoms with Crippen molar-refractivity contribution in [3.8, 4) is 0 Å². The largest absolute Gasteiger partial charge is 0.333 e. The summed E-state index contributed by atoms with van der Waals surface area (Å²) in [5.74, 6) is -0.389. The van der Waals surface area contributed by atoms with Crippen LogP contribution in [0.25, 0.3) is 0 Å². The van der Waals surface area contributed by atoms with Crippen LogP contribution in [0.15, 0.2) is 24.3 Å². The number of hydrogen-bond acceptors (Lipinski definition) is 2. The maximum Gasteiger partial charge on any atom is 0.317 e. The van der Waals surface area contributed by atoms with Crippen molar-refractivity contribution in [3.05, 3.63) is 30.1 Å². The van der Waals surface area contributed by atoms with E-state index >= 15 is 0 Å². The Kier molecular flexibility index (Phi) is 5.96. The summed E-state index contributed by atoms with van der Waals surface area (Å²) in [6, 6.07) is 5.50. The van der Waals surface area contributed by atoms with Crippen molar-refractivity contribution in [2.75, 3.05) is 24.5 Å². The molecule has 0 aliphatic carbocycles. The summed E-state index contributed by atoms with van der Waals surface area (Å²) < 4.78 is 13.0.